The predicted octanol–water partition coefficient (Wildman–Crippen LogP) is 0.722. The molecule has 7 nitrogen and oxygen atoms in total. The van der Waals surface area contributed by atoms with E-state index in [0.717, 1.165) is 0 Å². The number of nitrogens with zero attached hydrogens (tertiary/aromatic N) is 1. The molecule has 0 fully saturated rings. The number of anilines is 1. The molecule has 0 radical (unpaired) electrons. The Balaban J connectivity index is 2.19. The van der Waals surface area contributed by atoms with Crippen molar-refractivity contribution in [3.8, 4) is 0 Å². The molecule has 0 aliphatic heterocycles. The average molecular weight is 272 g/mol. The van der Waals surface area contributed by atoms with Gasteiger partial charge in [0.1, 0.15) is 0 Å². The van der Waals surface area contributed by atoms with Gasteiger partial charge in [0.05, 0.1) is 5.56 Å². The van der Waals surface area contributed by atoms with Gasteiger partial charge < -0.3 is 21.2 Å². The van der Waals surface area contributed by atoms with E-state index in [1.54, 1.807) is 24.3 Å². The number of nitrogens with two attached hydrogens (primary N) is 1. The molecule has 0 bridgehead atoms. The van der Waals surface area contributed by atoms with Gasteiger partial charge in [0.2, 0.25) is 5.56 Å². The Hall–Kier alpha value is -3.09. The van der Waals surface area contributed by atoms with E-state index in [9.17, 15) is 9.59 Å². The molecule has 7 heteroatoms. The van der Waals surface area contributed by atoms with Crippen molar-refractivity contribution in [3.05, 3.63) is 64.1 Å². The number of aromatic nitrogens is 1. The smallest absolute Gasteiger partial charge is 0.257 e. The Morgan fingerprint density at radius 1 is 1.25 bits per heavy atom. The summed E-state index contributed by atoms with van der Waals surface area (Å²) in [4.78, 5) is 25.3. The highest BCUT2D eigenvalue weighted by atomic mass is 16.4. The fourth-order valence-corrected chi connectivity index (χ4v) is 1.57. The van der Waals surface area contributed by atoms with Crippen molar-refractivity contribution in [2.45, 2.75) is 0 Å². The first-order valence-electron chi connectivity index (χ1n) is 5.68. The van der Waals surface area contributed by atoms with E-state index in [-0.39, 0.29) is 17.3 Å². The summed E-state index contributed by atoms with van der Waals surface area (Å²) in [5.41, 5.74) is 6.48. The molecule has 0 aliphatic rings. The maximum absolute atomic E-state index is 11.9. The molecule has 0 spiro atoms. The van der Waals surface area contributed by atoms with Gasteiger partial charge in [-0.2, -0.15) is 0 Å². The number of hydrogen-bond acceptors (Lipinski definition) is 4. The SMILES string of the molecule is N/C(=N/O)c1cccc(NC(=O)c2ccc(=O)[nH]c2)c1. The lowest BCUT2D eigenvalue weighted by Crippen LogP contribution is -2.16. The van der Waals surface area contributed by atoms with E-state index < -0.39 is 0 Å². The highest BCUT2D eigenvalue weighted by molar-refractivity contribution is 6.05. The van der Waals surface area contributed by atoms with Crippen LogP contribution in [0.25, 0.3) is 0 Å². The summed E-state index contributed by atoms with van der Waals surface area (Å²) in [5.74, 6) is -0.428. The van der Waals surface area contributed by atoms with E-state index in [4.69, 9.17) is 10.9 Å². The van der Waals surface area contributed by atoms with Crippen molar-refractivity contribution in [1.82, 2.24) is 4.98 Å². The van der Waals surface area contributed by atoms with Gasteiger partial charge in [-0.05, 0) is 18.2 Å². The van der Waals surface area contributed by atoms with Gasteiger partial charge in [-0.15, -0.1) is 0 Å². The zero-order chi connectivity index (χ0) is 14.5. The van der Waals surface area contributed by atoms with E-state index in [1.165, 1.54) is 18.3 Å². The number of rotatable bonds is 3. The molecule has 5 N–H and O–H groups in total. The van der Waals surface area contributed by atoms with Gasteiger partial charge >= 0.3 is 0 Å². The first-order valence-corrected chi connectivity index (χ1v) is 5.68. The Morgan fingerprint density at radius 2 is 2.05 bits per heavy atom. The zero-order valence-corrected chi connectivity index (χ0v) is 10.3. The van der Waals surface area contributed by atoms with Crippen molar-refractivity contribution in [2.75, 3.05) is 5.32 Å². The lowest BCUT2D eigenvalue weighted by atomic mass is 10.2. The lowest BCUT2D eigenvalue weighted by Gasteiger charge is -2.06. The summed E-state index contributed by atoms with van der Waals surface area (Å²) in [6.07, 6.45) is 1.32. The zero-order valence-electron chi connectivity index (χ0n) is 10.3. The Kier molecular flexibility index (Phi) is 3.80. The molecular weight excluding hydrogens is 260 g/mol. The highest BCUT2D eigenvalue weighted by Crippen LogP contribution is 2.11. The number of hydrogen-bond donors (Lipinski definition) is 4. The second-order valence-corrected chi connectivity index (χ2v) is 3.96. The molecule has 2 aromatic rings. The molecule has 0 saturated carbocycles. The van der Waals surface area contributed by atoms with Gasteiger partial charge in [0, 0.05) is 23.5 Å². The molecule has 20 heavy (non-hydrogen) atoms. The second-order valence-electron chi connectivity index (χ2n) is 3.96. The van der Waals surface area contributed by atoms with Crippen LogP contribution < -0.4 is 16.6 Å². The molecule has 102 valence electrons. The van der Waals surface area contributed by atoms with Gasteiger partial charge in [0.25, 0.3) is 5.91 Å². The molecule has 0 atom stereocenters. The van der Waals surface area contributed by atoms with Crippen LogP contribution in [0.15, 0.2) is 52.5 Å². The molecule has 2 rings (SSSR count). The van der Waals surface area contributed by atoms with Crippen LogP contribution in [-0.4, -0.2) is 21.9 Å². The summed E-state index contributed by atoms with van der Waals surface area (Å²) in [6, 6.07) is 9.22. The number of pyridine rings is 1. The van der Waals surface area contributed by atoms with Crippen molar-refractivity contribution >= 4 is 17.4 Å². The third-order valence-electron chi connectivity index (χ3n) is 2.57. The van der Waals surface area contributed by atoms with Crippen LogP contribution in [-0.2, 0) is 0 Å². The van der Waals surface area contributed by atoms with Crippen LogP contribution >= 0.6 is 0 Å². The normalized spacial score (nSPS) is 11.1. The number of benzene rings is 1. The predicted molar refractivity (Wildman–Crippen MR) is 74.0 cm³/mol. The maximum atomic E-state index is 11.9. The Labute approximate surface area is 113 Å². The van der Waals surface area contributed by atoms with Gasteiger partial charge in [-0.1, -0.05) is 17.3 Å². The molecule has 0 aliphatic carbocycles. The van der Waals surface area contributed by atoms with Crippen LogP contribution in [0.1, 0.15) is 15.9 Å². The first-order chi connectivity index (χ1) is 9.60. The molecule has 0 unspecified atom stereocenters. The lowest BCUT2D eigenvalue weighted by molar-refractivity contribution is 0.102. The minimum absolute atomic E-state index is 0.0508. The summed E-state index contributed by atoms with van der Waals surface area (Å²) < 4.78 is 0. The molecule has 1 amide bonds. The molecular formula is C13H12N4O3. The fraction of sp³-hybridized carbons (Fsp3) is 0. The number of oxime groups is 1. The Morgan fingerprint density at radius 3 is 2.70 bits per heavy atom. The number of carbonyl (C=O) groups excluding carboxylic acids is 1. The maximum Gasteiger partial charge on any atom is 0.257 e. The average Bonchev–Trinajstić information content (AvgIpc) is 2.47. The third-order valence-corrected chi connectivity index (χ3v) is 2.57. The van der Waals surface area contributed by atoms with Crippen molar-refractivity contribution < 1.29 is 10.0 Å². The standard InChI is InChI=1S/C13H12N4O3/c14-12(17-20)8-2-1-3-10(6-8)16-13(19)9-4-5-11(18)15-7-9/h1-7,20H,(H2,14,17)(H,15,18)(H,16,19). The van der Waals surface area contributed by atoms with Crippen LogP contribution in [0.3, 0.4) is 0 Å². The number of amides is 1. The minimum Gasteiger partial charge on any atom is -0.409 e. The van der Waals surface area contributed by atoms with E-state index >= 15 is 0 Å². The molecule has 1 aromatic heterocycles. The second kappa shape index (κ2) is 5.70. The quantitative estimate of drug-likeness (QED) is 0.285. The molecule has 1 heterocycles. The summed E-state index contributed by atoms with van der Waals surface area (Å²) in [6.45, 7) is 0. The number of amidine groups is 1. The van der Waals surface area contributed by atoms with Gasteiger partial charge in [-0.25, -0.2) is 0 Å². The Bertz CT molecular complexity index is 701. The van der Waals surface area contributed by atoms with Gasteiger partial charge in [0.15, 0.2) is 5.84 Å². The third kappa shape index (κ3) is 3.02. The van der Waals surface area contributed by atoms with Crippen LogP contribution in [0.2, 0.25) is 0 Å². The minimum atomic E-state index is -0.377. The summed E-state index contributed by atoms with van der Waals surface area (Å²) >= 11 is 0. The van der Waals surface area contributed by atoms with Crippen LogP contribution in [0.5, 0.6) is 0 Å². The number of aromatic amines is 1. The largest absolute Gasteiger partial charge is 0.409 e. The number of carbonyl (C=O) groups is 1. The number of H-pyrrole nitrogens is 1. The van der Waals surface area contributed by atoms with E-state index in [0.29, 0.717) is 16.8 Å². The molecule has 0 saturated heterocycles. The summed E-state index contributed by atoms with van der Waals surface area (Å²) in [7, 11) is 0. The van der Waals surface area contributed by atoms with Crippen molar-refractivity contribution in [1.29, 1.82) is 0 Å². The van der Waals surface area contributed by atoms with E-state index in [2.05, 4.69) is 15.5 Å². The van der Waals surface area contributed by atoms with Crippen molar-refractivity contribution in [2.24, 2.45) is 10.9 Å². The van der Waals surface area contributed by atoms with Crippen molar-refractivity contribution in [3.63, 3.8) is 0 Å². The topological polar surface area (TPSA) is 121 Å². The van der Waals surface area contributed by atoms with E-state index in [1.807, 2.05) is 0 Å². The first kappa shape index (κ1) is 13.3. The number of nitrogens with one attached hydrogen (secondary N) is 2. The highest BCUT2D eigenvalue weighted by Gasteiger charge is 2.07. The summed E-state index contributed by atoms with van der Waals surface area (Å²) in [5, 5.41) is 14.1. The van der Waals surface area contributed by atoms with Crippen LogP contribution in [0, 0.1) is 0 Å². The van der Waals surface area contributed by atoms with Gasteiger partial charge in [-0.3, -0.25) is 9.59 Å². The fourth-order valence-electron chi connectivity index (χ4n) is 1.57. The monoisotopic (exact) mass is 272 g/mol. The van der Waals surface area contributed by atoms with Crippen LogP contribution in [0.4, 0.5) is 5.69 Å². The molecule has 1 aromatic carbocycles.